The van der Waals surface area contributed by atoms with Gasteiger partial charge in [-0.1, -0.05) is 29.0 Å². The molecule has 2 heterocycles. The van der Waals surface area contributed by atoms with Crippen LogP contribution in [0, 0.1) is 5.82 Å². The average molecular weight is 391 g/mol. The van der Waals surface area contributed by atoms with Crippen molar-refractivity contribution in [1.29, 1.82) is 0 Å². The lowest BCUT2D eigenvalue weighted by Gasteiger charge is -2.13. The third-order valence-corrected chi connectivity index (χ3v) is 5.02. The molecule has 1 amide bonds. The van der Waals surface area contributed by atoms with Crippen molar-refractivity contribution in [3.63, 3.8) is 0 Å². The highest BCUT2D eigenvalue weighted by molar-refractivity contribution is 5.98. The molecule has 1 aliphatic carbocycles. The van der Waals surface area contributed by atoms with Crippen LogP contribution in [0.5, 0.6) is 0 Å². The van der Waals surface area contributed by atoms with Gasteiger partial charge in [0.05, 0.1) is 0 Å². The molecule has 0 saturated carbocycles. The lowest BCUT2D eigenvalue weighted by atomic mass is 9.97. The molecule has 7 heteroatoms. The van der Waals surface area contributed by atoms with Crippen molar-refractivity contribution in [1.82, 2.24) is 25.3 Å². The molecule has 0 bridgehead atoms. The third-order valence-electron chi connectivity index (χ3n) is 5.02. The number of para-hydroxylation sites is 1. The van der Waals surface area contributed by atoms with Crippen LogP contribution in [0.4, 0.5) is 4.39 Å². The number of nitrogens with one attached hydrogen (secondary N) is 1. The van der Waals surface area contributed by atoms with Gasteiger partial charge >= 0.3 is 0 Å². The molecule has 0 saturated heterocycles. The van der Waals surface area contributed by atoms with Crippen molar-refractivity contribution in [2.45, 2.75) is 32.1 Å². The van der Waals surface area contributed by atoms with Crippen LogP contribution in [-0.2, 0) is 0 Å². The van der Waals surface area contributed by atoms with E-state index in [9.17, 15) is 9.18 Å². The van der Waals surface area contributed by atoms with Crippen molar-refractivity contribution < 1.29 is 9.18 Å². The number of carbonyl (C=O) groups excluding carboxylic acids is 1. The Labute approximate surface area is 168 Å². The molecule has 4 rings (SSSR count). The Morgan fingerprint density at radius 2 is 2.07 bits per heavy atom. The molecule has 6 nitrogen and oxygen atoms in total. The zero-order valence-corrected chi connectivity index (χ0v) is 16.0. The number of hydrogen-bond acceptors (Lipinski definition) is 4. The second-order valence-electron chi connectivity index (χ2n) is 7.01. The molecule has 0 spiro atoms. The van der Waals surface area contributed by atoms with Crippen molar-refractivity contribution in [2.24, 2.45) is 0 Å². The van der Waals surface area contributed by atoms with Gasteiger partial charge in [-0.05, 0) is 56.4 Å². The largest absolute Gasteiger partial charge is 0.350 e. The van der Waals surface area contributed by atoms with Crippen LogP contribution < -0.4 is 5.32 Å². The number of carbonyl (C=O) groups is 1. The highest BCUT2D eigenvalue weighted by Crippen LogP contribution is 2.26. The van der Waals surface area contributed by atoms with Crippen LogP contribution in [-0.4, -0.2) is 32.4 Å². The smallest absolute Gasteiger partial charge is 0.274 e. The van der Waals surface area contributed by atoms with Gasteiger partial charge in [-0.15, -0.1) is 5.10 Å². The summed E-state index contributed by atoms with van der Waals surface area (Å²) in [5.74, 6) is -0.776. The monoisotopic (exact) mass is 391 g/mol. The molecule has 1 aromatic carbocycles. The van der Waals surface area contributed by atoms with E-state index >= 15 is 0 Å². The summed E-state index contributed by atoms with van der Waals surface area (Å²) >= 11 is 0. The van der Waals surface area contributed by atoms with Crippen LogP contribution in [0.2, 0.25) is 0 Å². The lowest BCUT2D eigenvalue weighted by Crippen LogP contribution is -2.26. The highest BCUT2D eigenvalue weighted by Gasteiger charge is 2.23. The number of rotatable bonds is 6. The molecule has 1 N–H and O–H groups in total. The van der Waals surface area contributed by atoms with Gasteiger partial charge < -0.3 is 5.32 Å². The summed E-state index contributed by atoms with van der Waals surface area (Å²) in [5, 5.41) is 11.1. The van der Waals surface area contributed by atoms with Crippen LogP contribution in [0.1, 0.15) is 42.6 Å². The molecule has 0 aliphatic heterocycles. The fraction of sp³-hybridized carbons (Fsp3) is 0.273. The molecule has 0 fully saturated rings. The normalized spacial score (nSPS) is 13.8. The number of allylic oxidation sites excluding steroid dienone is 1. The number of pyridine rings is 1. The minimum atomic E-state index is -0.446. The van der Waals surface area contributed by atoms with Gasteiger partial charge in [-0.25, -0.2) is 9.07 Å². The first kappa shape index (κ1) is 19.0. The van der Waals surface area contributed by atoms with Gasteiger partial charge in [-0.2, -0.15) is 0 Å². The number of halogens is 1. The summed E-state index contributed by atoms with van der Waals surface area (Å²) in [6, 6.07) is 9.82. The van der Waals surface area contributed by atoms with E-state index in [0.29, 0.717) is 17.8 Å². The average Bonchev–Trinajstić information content (AvgIpc) is 3.20. The molecule has 3 aromatic rings. The maximum atomic E-state index is 14.4. The molecule has 29 heavy (non-hydrogen) atoms. The molecule has 148 valence electrons. The van der Waals surface area contributed by atoms with Crippen molar-refractivity contribution in [2.75, 3.05) is 6.54 Å². The molecular weight excluding hydrogens is 369 g/mol. The molecular formula is C22H22FN5O. The fourth-order valence-corrected chi connectivity index (χ4v) is 3.54. The van der Waals surface area contributed by atoms with E-state index < -0.39 is 5.82 Å². The maximum absolute atomic E-state index is 14.4. The summed E-state index contributed by atoms with van der Waals surface area (Å²) in [4.78, 5) is 17.0. The van der Waals surface area contributed by atoms with Crippen LogP contribution in [0.15, 0.2) is 60.4 Å². The van der Waals surface area contributed by atoms with Gasteiger partial charge in [0.1, 0.15) is 17.2 Å². The van der Waals surface area contributed by atoms with E-state index in [2.05, 4.69) is 26.7 Å². The number of benzene rings is 1. The van der Waals surface area contributed by atoms with Crippen molar-refractivity contribution in [3.05, 3.63) is 72.0 Å². The number of amides is 1. The maximum Gasteiger partial charge on any atom is 0.274 e. The Balaban J connectivity index is 1.62. The van der Waals surface area contributed by atoms with E-state index in [0.717, 1.165) is 19.3 Å². The second-order valence-corrected chi connectivity index (χ2v) is 7.01. The minimum Gasteiger partial charge on any atom is -0.350 e. The zero-order chi connectivity index (χ0) is 20.1. The van der Waals surface area contributed by atoms with Gasteiger partial charge in [-0.3, -0.25) is 9.78 Å². The van der Waals surface area contributed by atoms with Crippen LogP contribution in [0.3, 0.4) is 0 Å². The Morgan fingerprint density at radius 3 is 2.83 bits per heavy atom. The molecule has 0 radical (unpaired) electrons. The van der Waals surface area contributed by atoms with Gasteiger partial charge in [0, 0.05) is 24.5 Å². The van der Waals surface area contributed by atoms with Gasteiger partial charge in [0.15, 0.2) is 5.69 Å². The first-order valence-electron chi connectivity index (χ1n) is 9.81. The third kappa shape index (κ3) is 4.23. The van der Waals surface area contributed by atoms with Crippen LogP contribution >= 0.6 is 0 Å². The first-order chi connectivity index (χ1) is 14.2. The second kappa shape index (κ2) is 8.77. The number of nitrogens with zero attached hydrogens (tertiary/aromatic N) is 4. The Bertz CT molecular complexity index is 1030. The fourth-order valence-electron chi connectivity index (χ4n) is 3.54. The van der Waals surface area contributed by atoms with Crippen molar-refractivity contribution in [3.8, 4) is 16.9 Å². The van der Waals surface area contributed by atoms with E-state index in [4.69, 9.17) is 0 Å². The Hall–Kier alpha value is -3.35. The quantitative estimate of drug-likeness (QED) is 0.643. The predicted octanol–water partition coefficient (Wildman–Crippen LogP) is 4.09. The molecule has 0 atom stereocenters. The van der Waals surface area contributed by atoms with Crippen LogP contribution in [0.25, 0.3) is 16.9 Å². The number of aromatic nitrogens is 4. The topological polar surface area (TPSA) is 72.7 Å². The summed E-state index contributed by atoms with van der Waals surface area (Å²) < 4.78 is 15.7. The van der Waals surface area contributed by atoms with E-state index in [1.54, 1.807) is 42.7 Å². The van der Waals surface area contributed by atoms with E-state index in [1.807, 2.05) is 0 Å². The first-order valence-corrected chi connectivity index (χ1v) is 9.81. The van der Waals surface area contributed by atoms with Gasteiger partial charge in [0.2, 0.25) is 0 Å². The SMILES string of the molecule is O=C(NCCC1=CCCCC1)c1nnn(-c2ccccc2F)c1-c1cccnc1. The summed E-state index contributed by atoms with van der Waals surface area (Å²) in [6.07, 6.45) is 11.0. The predicted molar refractivity (Wildman–Crippen MR) is 108 cm³/mol. The van der Waals surface area contributed by atoms with E-state index in [1.165, 1.54) is 29.2 Å². The summed E-state index contributed by atoms with van der Waals surface area (Å²) in [7, 11) is 0. The molecule has 0 unspecified atom stereocenters. The highest BCUT2D eigenvalue weighted by atomic mass is 19.1. The minimum absolute atomic E-state index is 0.152. The Kier molecular flexibility index (Phi) is 5.74. The zero-order valence-electron chi connectivity index (χ0n) is 16.0. The summed E-state index contributed by atoms with van der Waals surface area (Å²) in [6.45, 7) is 0.531. The summed E-state index contributed by atoms with van der Waals surface area (Å²) in [5.41, 5.74) is 2.82. The van der Waals surface area contributed by atoms with Gasteiger partial charge in [0.25, 0.3) is 5.91 Å². The number of hydrogen-bond donors (Lipinski definition) is 1. The molecule has 1 aliphatic rings. The Morgan fingerprint density at radius 1 is 1.17 bits per heavy atom. The lowest BCUT2D eigenvalue weighted by molar-refractivity contribution is 0.0949. The van der Waals surface area contributed by atoms with E-state index in [-0.39, 0.29) is 17.3 Å². The molecule has 2 aromatic heterocycles. The standard InChI is InChI=1S/C22H22FN5O/c23-18-10-4-5-11-19(18)28-21(17-9-6-13-24-15-17)20(26-27-28)22(29)25-14-12-16-7-2-1-3-8-16/h4-7,9-11,13,15H,1-3,8,12,14H2,(H,25,29). The van der Waals surface area contributed by atoms with Crippen molar-refractivity contribution >= 4 is 5.91 Å².